The molecule has 2 N–H and O–H groups in total. The number of rotatable bonds is 5. The van der Waals surface area contributed by atoms with Crippen molar-refractivity contribution in [1.82, 2.24) is 20.1 Å². The zero-order valence-corrected chi connectivity index (χ0v) is 36.3. The molecule has 0 saturated carbocycles. The number of ether oxygens (including phenoxy) is 7. The second kappa shape index (κ2) is 15.3. The van der Waals surface area contributed by atoms with Crippen LogP contribution in [0.4, 0.5) is 0 Å². The number of phenols is 1. The van der Waals surface area contributed by atoms with E-state index >= 15 is 4.79 Å². The van der Waals surface area contributed by atoms with Crippen molar-refractivity contribution in [2.45, 2.75) is 74.6 Å². The second-order valence-corrected chi connectivity index (χ2v) is 17.8. The summed E-state index contributed by atoms with van der Waals surface area (Å²) >= 11 is 1.46. The number of carbonyl (C=O) groups is 3. The van der Waals surface area contributed by atoms with Gasteiger partial charge in [-0.1, -0.05) is 6.07 Å². The van der Waals surface area contributed by atoms with E-state index in [1.54, 1.807) is 24.3 Å². The molecule has 1 spiro atoms. The minimum Gasteiger partial charge on any atom is -0.504 e. The Morgan fingerprint density at radius 3 is 2.51 bits per heavy atom. The summed E-state index contributed by atoms with van der Waals surface area (Å²) in [4.78, 5) is 49.7. The van der Waals surface area contributed by atoms with E-state index in [1.807, 2.05) is 27.0 Å². The number of nitriles is 1. The summed E-state index contributed by atoms with van der Waals surface area (Å²) in [5.74, 6) is 0.412. The number of thioether (sulfide) groups is 1. The van der Waals surface area contributed by atoms with Crippen LogP contribution in [0.3, 0.4) is 0 Å². The number of pyridine rings is 1. The van der Waals surface area contributed by atoms with Crippen LogP contribution in [0.2, 0.25) is 0 Å². The molecule has 11 rings (SSSR count). The fourth-order valence-electron chi connectivity index (χ4n) is 10.9. The molecule has 7 aliphatic rings. The van der Waals surface area contributed by atoms with Gasteiger partial charge in [-0.25, -0.2) is 9.59 Å². The molecule has 0 amide bonds. The first-order chi connectivity index (χ1) is 30.4. The van der Waals surface area contributed by atoms with Crippen molar-refractivity contribution in [3.8, 4) is 46.3 Å². The number of methoxy groups -OCH3 is 2. The number of aryl methyl sites for hydroxylation is 1. The Balaban J connectivity index is 1.18. The van der Waals surface area contributed by atoms with E-state index in [1.165, 1.54) is 45.3 Å². The lowest BCUT2D eigenvalue weighted by Crippen LogP contribution is -2.69. The van der Waals surface area contributed by atoms with Crippen molar-refractivity contribution in [2.75, 3.05) is 47.0 Å². The Labute approximate surface area is 367 Å². The molecule has 3 aromatic carbocycles. The highest BCUT2D eigenvalue weighted by Gasteiger charge is 2.62. The van der Waals surface area contributed by atoms with Gasteiger partial charge in [0.15, 0.2) is 40.0 Å². The number of hydrogen-bond donors (Lipinski definition) is 2. The van der Waals surface area contributed by atoms with Gasteiger partial charge in [0, 0.05) is 66.0 Å². The molecule has 7 aliphatic heterocycles. The Morgan fingerprint density at radius 2 is 1.78 bits per heavy atom. The minimum atomic E-state index is -1.45. The molecule has 16 nitrogen and oxygen atoms in total. The monoisotopic (exact) mass is 875 g/mol. The molecule has 0 aliphatic carbocycles. The van der Waals surface area contributed by atoms with Gasteiger partial charge in [0.05, 0.1) is 43.2 Å². The molecule has 63 heavy (non-hydrogen) atoms. The molecule has 1 aromatic heterocycles. The normalized spacial score (nSPS) is 26.6. The summed E-state index contributed by atoms with van der Waals surface area (Å²) in [5, 5.41) is 26.3. The Kier molecular flexibility index (Phi) is 9.97. The van der Waals surface area contributed by atoms with Gasteiger partial charge in [-0.05, 0) is 80.3 Å². The topological polar surface area (TPSA) is 191 Å². The van der Waals surface area contributed by atoms with E-state index in [-0.39, 0.29) is 42.4 Å². The van der Waals surface area contributed by atoms with E-state index in [2.05, 4.69) is 26.2 Å². The fraction of sp³-hybridized carbons (Fsp3) is 0.413. The average Bonchev–Trinajstić information content (AvgIpc) is 3.77. The second-order valence-electron chi connectivity index (χ2n) is 16.7. The number of nitrogens with zero attached hydrogens (tertiary/aromatic N) is 4. The number of hydrogen-bond acceptors (Lipinski definition) is 17. The highest BCUT2D eigenvalue weighted by atomic mass is 32.2. The standard InChI is InChI=1S/C46H45N5O11S/c1-21-13-26-14-28-29(17-47)51-30-18-58-45(55)46(27-16-31(56-5)32(15-25(27)9-12-49-46)62-44(54)24-7-10-48-11-8-24)19-63-43(37(51)36(50(28)4)33(26)38(53)39(21)57-6)35-34(30)42-41(59-20-60-42)22(2)40(35)61-23(3)52/h7-8,10-11,13,15-16,28-30,36-37,43,49,53H,9,12,14,18-20H2,1-6H3/t28-,29-,30-,36+,37+,43+,46+/m0/s1. The number of carbonyl (C=O) groups excluding carboxylic acids is 3. The third-order valence-electron chi connectivity index (χ3n) is 13.5. The summed E-state index contributed by atoms with van der Waals surface area (Å²) < 4.78 is 42.5. The zero-order valence-electron chi connectivity index (χ0n) is 35.5. The maximum Gasteiger partial charge on any atom is 0.343 e. The van der Waals surface area contributed by atoms with Crippen LogP contribution in [-0.4, -0.2) is 103 Å². The number of likely N-dealkylation sites (N-methyl/N-ethyl adjacent to an activating group) is 1. The molecule has 2 fully saturated rings. The lowest BCUT2D eigenvalue weighted by molar-refractivity contribution is -0.157. The highest BCUT2D eigenvalue weighted by molar-refractivity contribution is 7.99. The number of aromatic nitrogens is 1. The zero-order chi connectivity index (χ0) is 44.1. The van der Waals surface area contributed by atoms with Gasteiger partial charge in [-0.15, -0.1) is 11.8 Å². The number of aromatic hydroxyl groups is 1. The van der Waals surface area contributed by atoms with Gasteiger partial charge in [-0.3, -0.25) is 24.9 Å². The first kappa shape index (κ1) is 41.0. The molecule has 4 aromatic rings. The number of benzene rings is 3. The summed E-state index contributed by atoms with van der Waals surface area (Å²) in [6, 6.07) is 8.34. The number of phenolic OH excluding ortho intramolecular Hbond substituents is 1. The third-order valence-corrected chi connectivity index (χ3v) is 15.0. The Morgan fingerprint density at radius 1 is 1.00 bits per heavy atom. The van der Waals surface area contributed by atoms with Crippen molar-refractivity contribution in [1.29, 1.82) is 5.26 Å². The first-order valence-corrected chi connectivity index (χ1v) is 21.8. The molecule has 8 heterocycles. The number of fused-ring (bicyclic) bond motifs is 9. The van der Waals surface area contributed by atoms with E-state index in [0.29, 0.717) is 75.8 Å². The van der Waals surface area contributed by atoms with Crippen LogP contribution < -0.4 is 33.7 Å². The maximum absolute atomic E-state index is 15.1. The van der Waals surface area contributed by atoms with Crippen LogP contribution in [-0.2, 0) is 32.7 Å². The van der Waals surface area contributed by atoms with E-state index in [4.69, 9.17) is 33.2 Å². The predicted molar refractivity (Wildman–Crippen MR) is 226 cm³/mol. The van der Waals surface area contributed by atoms with Crippen LogP contribution in [0.5, 0.6) is 40.2 Å². The lowest BCUT2D eigenvalue weighted by Gasteiger charge is -2.62. The summed E-state index contributed by atoms with van der Waals surface area (Å²) in [6.07, 6.45) is 3.98. The largest absolute Gasteiger partial charge is 0.504 e. The molecule has 4 bridgehead atoms. The Bertz CT molecular complexity index is 2660. The van der Waals surface area contributed by atoms with Crippen molar-refractivity contribution in [3.63, 3.8) is 0 Å². The Hall–Kier alpha value is -6.06. The van der Waals surface area contributed by atoms with Crippen LogP contribution in [0.15, 0.2) is 42.7 Å². The molecule has 17 heteroatoms. The number of esters is 3. The van der Waals surface area contributed by atoms with E-state index in [9.17, 15) is 20.0 Å². The third kappa shape index (κ3) is 6.06. The van der Waals surface area contributed by atoms with Gasteiger partial charge in [0.1, 0.15) is 18.4 Å². The molecule has 2 saturated heterocycles. The first-order valence-electron chi connectivity index (χ1n) is 20.7. The van der Waals surface area contributed by atoms with Crippen molar-refractivity contribution in [3.05, 3.63) is 92.8 Å². The van der Waals surface area contributed by atoms with Crippen LogP contribution in [0.25, 0.3) is 0 Å². The number of piperazine rings is 1. The smallest absolute Gasteiger partial charge is 0.343 e. The van der Waals surface area contributed by atoms with Gasteiger partial charge in [0.25, 0.3) is 0 Å². The molecule has 0 unspecified atom stereocenters. The maximum atomic E-state index is 15.1. The van der Waals surface area contributed by atoms with E-state index < -0.39 is 52.9 Å². The van der Waals surface area contributed by atoms with Crippen LogP contribution in [0, 0.1) is 25.2 Å². The van der Waals surface area contributed by atoms with Gasteiger partial charge in [-0.2, -0.15) is 5.26 Å². The van der Waals surface area contributed by atoms with Crippen molar-refractivity contribution < 1.29 is 52.6 Å². The quantitative estimate of drug-likeness (QED) is 0.203. The predicted octanol–water partition coefficient (Wildman–Crippen LogP) is 4.90. The molecular formula is C46H45N5O11S. The van der Waals surface area contributed by atoms with Gasteiger partial charge < -0.3 is 38.3 Å². The lowest BCUT2D eigenvalue weighted by atomic mass is 9.71. The molecule has 326 valence electrons. The molecular weight excluding hydrogens is 831 g/mol. The fourth-order valence-corrected chi connectivity index (χ4v) is 12.6. The van der Waals surface area contributed by atoms with Crippen molar-refractivity contribution in [2.24, 2.45) is 0 Å². The molecule has 7 atom stereocenters. The van der Waals surface area contributed by atoms with Crippen molar-refractivity contribution >= 4 is 29.7 Å². The van der Waals surface area contributed by atoms with Gasteiger partial charge in [0.2, 0.25) is 6.79 Å². The van der Waals surface area contributed by atoms with E-state index in [0.717, 1.165) is 16.7 Å². The minimum absolute atomic E-state index is 0.0247. The summed E-state index contributed by atoms with van der Waals surface area (Å²) in [7, 11) is 4.98. The summed E-state index contributed by atoms with van der Waals surface area (Å²) in [6.45, 7) is 5.14. The van der Waals surface area contributed by atoms with Crippen LogP contribution >= 0.6 is 11.8 Å². The average molecular weight is 876 g/mol. The molecule has 0 radical (unpaired) electrons. The van der Waals surface area contributed by atoms with Gasteiger partial charge >= 0.3 is 17.9 Å². The summed E-state index contributed by atoms with van der Waals surface area (Å²) in [5.41, 5.74) is 4.45. The van der Waals surface area contributed by atoms with Crippen LogP contribution in [0.1, 0.15) is 79.1 Å². The SMILES string of the molecule is COc1cc2c(cc1OC(=O)c1ccncc1)CCN[C@]21CS[C@@H]2c3c(OC(C)=O)c(C)c4c(c3[C@H](COC1=O)N1[C@@H]2[C@H]2c3c(cc(C)c(OC)c3O)C[C@@H]([C@@H]1C#N)N2C)OCO4. The number of nitrogens with one attached hydrogen (secondary N) is 1. The highest BCUT2D eigenvalue weighted by Crippen LogP contribution is 2.64.